The average molecular weight is 300 g/mol. The summed E-state index contributed by atoms with van der Waals surface area (Å²) in [6, 6.07) is 14.6. The molecule has 4 N–H and O–H groups in total. The van der Waals surface area contributed by atoms with E-state index < -0.39 is 6.10 Å². The Labute approximate surface area is 129 Å². The zero-order chi connectivity index (χ0) is 15.9. The number of benzene rings is 2. The Balaban J connectivity index is 1.95. The minimum absolute atomic E-state index is 0.153. The van der Waals surface area contributed by atoms with Gasteiger partial charge in [-0.3, -0.25) is 4.79 Å². The summed E-state index contributed by atoms with van der Waals surface area (Å²) >= 11 is 0. The van der Waals surface area contributed by atoms with Crippen LogP contribution in [-0.4, -0.2) is 35.4 Å². The van der Waals surface area contributed by atoms with E-state index in [1.165, 1.54) is 0 Å². The fourth-order valence-corrected chi connectivity index (χ4v) is 1.96. The second-order valence-corrected chi connectivity index (χ2v) is 5.12. The zero-order valence-electron chi connectivity index (χ0n) is 12.4. The highest BCUT2D eigenvalue weighted by molar-refractivity contribution is 6.04. The minimum atomic E-state index is -0.791. The number of amides is 1. The summed E-state index contributed by atoms with van der Waals surface area (Å²) in [5, 5.41) is 23.8. The SMILES string of the molecule is Cc1cccc(C(=O)Nc2ccc(NCC(O)CO)cc2)c1. The van der Waals surface area contributed by atoms with Crippen molar-refractivity contribution >= 4 is 17.3 Å². The van der Waals surface area contributed by atoms with Crippen LogP contribution in [0.1, 0.15) is 15.9 Å². The number of rotatable bonds is 6. The number of aliphatic hydroxyl groups excluding tert-OH is 2. The highest BCUT2D eigenvalue weighted by atomic mass is 16.3. The maximum absolute atomic E-state index is 12.1. The van der Waals surface area contributed by atoms with E-state index in [2.05, 4.69) is 10.6 Å². The quantitative estimate of drug-likeness (QED) is 0.658. The van der Waals surface area contributed by atoms with Gasteiger partial charge in [0.1, 0.15) is 0 Å². The molecule has 0 radical (unpaired) electrons. The molecule has 0 aliphatic rings. The fraction of sp³-hybridized carbons (Fsp3) is 0.235. The molecule has 2 aromatic carbocycles. The molecule has 0 saturated carbocycles. The monoisotopic (exact) mass is 300 g/mol. The Hall–Kier alpha value is -2.37. The summed E-state index contributed by atoms with van der Waals surface area (Å²) in [6.45, 7) is 1.93. The fourth-order valence-electron chi connectivity index (χ4n) is 1.96. The Kier molecular flexibility index (Phi) is 5.52. The molecular formula is C17H20N2O3. The van der Waals surface area contributed by atoms with Crippen LogP contribution in [0.5, 0.6) is 0 Å². The second kappa shape index (κ2) is 7.59. The van der Waals surface area contributed by atoms with Crippen molar-refractivity contribution in [2.45, 2.75) is 13.0 Å². The molecule has 1 unspecified atom stereocenters. The van der Waals surface area contributed by atoms with Gasteiger partial charge in [0.25, 0.3) is 5.91 Å². The number of aryl methyl sites for hydroxylation is 1. The van der Waals surface area contributed by atoms with E-state index in [1.54, 1.807) is 30.3 Å². The molecule has 5 heteroatoms. The van der Waals surface area contributed by atoms with Gasteiger partial charge in [0, 0.05) is 23.5 Å². The van der Waals surface area contributed by atoms with Crippen molar-refractivity contribution in [3.8, 4) is 0 Å². The van der Waals surface area contributed by atoms with E-state index in [1.807, 2.05) is 25.1 Å². The van der Waals surface area contributed by atoms with Gasteiger partial charge in [0.2, 0.25) is 0 Å². The van der Waals surface area contributed by atoms with Crippen molar-refractivity contribution in [2.75, 3.05) is 23.8 Å². The van der Waals surface area contributed by atoms with Crippen LogP contribution >= 0.6 is 0 Å². The Bertz CT molecular complexity index is 626. The van der Waals surface area contributed by atoms with E-state index >= 15 is 0 Å². The first kappa shape index (κ1) is 16.0. The van der Waals surface area contributed by atoms with Crippen LogP contribution in [0.4, 0.5) is 11.4 Å². The Morgan fingerprint density at radius 3 is 2.45 bits per heavy atom. The van der Waals surface area contributed by atoms with Gasteiger partial charge in [-0.25, -0.2) is 0 Å². The third-order valence-electron chi connectivity index (χ3n) is 3.18. The van der Waals surface area contributed by atoms with Gasteiger partial charge >= 0.3 is 0 Å². The highest BCUT2D eigenvalue weighted by Crippen LogP contribution is 2.15. The average Bonchev–Trinajstić information content (AvgIpc) is 2.53. The van der Waals surface area contributed by atoms with E-state index in [4.69, 9.17) is 5.11 Å². The lowest BCUT2D eigenvalue weighted by Crippen LogP contribution is -2.22. The Morgan fingerprint density at radius 1 is 1.14 bits per heavy atom. The molecule has 0 aliphatic carbocycles. The van der Waals surface area contributed by atoms with Gasteiger partial charge in [0.15, 0.2) is 0 Å². The van der Waals surface area contributed by atoms with Crippen molar-refractivity contribution in [2.24, 2.45) is 0 Å². The van der Waals surface area contributed by atoms with Gasteiger partial charge in [-0.15, -0.1) is 0 Å². The summed E-state index contributed by atoms with van der Waals surface area (Å²) in [5.41, 5.74) is 3.16. The number of hydrogen-bond donors (Lipinski definition) is 4. The molecule has 22 heavy (non-hydrogen) atoms. The van der Waals surface area contributed by atoms with Crippen molar-refractivity contribution in [1.82, 2.24) is 0 Å². The Morgan fingerprint density at radius 2 is 1.82 bits per heavy atom. The lowest BCUT2D eigenvalue weighted by molar-refractivity contribution is 0.102. The smallest absolute Gasteiger partial charge is 0.255 e. The molecule has 0 heterocycles. The number of hydrogen-bond acceptors (Lipinski definition) is 4. The molecule has 0 aromatic heterocycles. The van der Waals surface area contributed by atoms with Crippen molar-refractivity contribution in [1.29, 1.82) is 0 Å². The lowest BCUT2D eigenvalue weighted by atomic mass is 10.1. The molecular weight excluding hydrogens is 280 g/mol. The van der Waals surface area contributed by atoms with Crippen LogP contribution in [0.15, 0.2) is 48.5 Å². The summed E-state index contributed by atoms with van der Waals surface area (Å²) in [4.78, 5) is 12.1. The highest BCUT2D eigenvalue weighted by Gasteiger charge is 2.06. The van der Waals surface area contributed by atoms with Crippen molar-refractivity contribution in [3.63, 3.8) is 0 Å². The van der Waals surface area contributed by atoms with Gasteiger partial charge in [-0.1, -0.05) is 17.7 Å². The molecule has 2 rings (SSSR count). The molecule has 0 bridgehead atoms. The van der Waals surface area contributed by atoms with Crippen LogP contribution in [-0.2, 0) is 0 Å². The molecule has 1 amide bonds. The predicted molar refractivity (Wildman–Crippen MR) is 87.2 cm³/mol. The molecule has 0 fully saturated rings. The summed E-state index contributed by atoms with van der Waals surface area (Å²) in [7, 11) is 0. The molecule has 0 saturated heterocycles. The normalized spacial score (nSPS) is 11.8. The van der Waals surface area contributed by atoms with Gasteiger partial charge in [0.05, 0.1) is 12.7 Å². The maximum atomic E-state index is 12.1. The number of nitrogens with one attached hydrogen (secondary N) is 2. The van der Waals surface area contributed by atoms with E-state index in [-0.39, 0.29) is 19.1 Å². The third kappa shape index (κ3) is 4.58. The van der Waals surface area contributed by atoms with Crippen molar-refractivity contribution < 1.29 is 15.0 Å². The van der Waals surface area contributed by atoms with Crippen LogP contribution < -0.4 is 10.6 Å². The second-order valence-electron chi connectivity index (χ2n) is 5.12. The molecule has 5 nitrogen and oxygen atoms in total. The topological polar surface area (TPSA) is 81.6 Å². The zero-order valence-corrected chi connectivity index (χ0v) is 12.4. The molecule has 116 valence electrons. The standard InChI is InChI=1S/C17H20N2O3/c1-12-3-2-4-13(9-12)17(22)19-15-7-5-14(6-8-15)18-10-16(21)11-20/h2-9,16,18,20-21H,10-11H2,1H3,(H,19,22). The van der Waals surface area contributed by atoms with Crippen LogP contribution in [0, 0.1) is 6.92 Å². The van der Waals surface area contributed by atoms with E-state index in [9.17, 15) is 9.90 Å². The van der Waals surface area contributed by atoms with E-state index in [0.29, 0.717) is 11.3 Å². The summed E-state index contributed by atoms with van der Waals surface area (Å²) in [6.07, 6.45) is -0.791. The molecule has 2 aromatic rings. The van der Waals surface area contributed by atoms with Gasteiger partial charge in [-0.05, 0) is 43.3 Å². The third-order valence-corrected chi connectivity index (χ3v) is 3.18. The number of carbonyl (C=O) groups excluding carboxylic acids is 1. The first-order valence-electron chi connectivity index (χ1n) is 7.09. The van der Waals surface area contributed by atoms with Crippen LogP contribution in [0.25, 0.3) is 0 Å². The number of aliphatic hydroxyl groups is 2. The molecule has 0 aliphatic heterocycles. The lowest BCUT2D eigenvalue weighted by Gasteiger charge is -2.11. The van der Waals surface area contributed by atoms with Gasteiger partial charge < -0.3 is 20.8 Å². The van der Waals surface area contributed by atoms with Crippen LogP contribution in [0.2, 0.25) is 0 Å². The number of carbonyl (C=O) groups is 1. The molecule has 1 atom stereocenters. The van der Waals surface area contributed by atoms with Crippen LogP contribution in [0.3, 0.4) is 0 Å². The molecule has 0 spiro atoms. The first-order valence-corrected chi connectivity index (χ1v) is 7.09. The van der Waals surface area contributed by atoms with E-state index in [0.717, 1.165) is 11.3 Å². The number of anilines is 2. The largest absolute Gasteiger partial charge is 0.394 e. The van der Waals surface area contributed by atoms with Crippen molar-refractivity contribution in [3.05, 3.63) is 59.7 Å². The van der Waals surface area contributed by atoms with Gasteiger partial charge in [-0.2, -0.15) is 0 Å². The predicted octanol–water partition coefficient (Wildman–Crippen LogP) is 2.01. The summed E-state index contributed by atoms with van der Waals surface area (Å²) < 4.78 is 0. The first-order chi connectivity index (χ1) is 10.6. The summed E-state index contributed by atoms with van der Waals surface area (Å²) in [5.74, 6) is -0.153. The maximum Gasteiger partial charge on any atom is 0.255 e. The minimum Gasteiger partial charge on any atom is -0.394 e.